The third-order valence-electron chi connectivity index (χ3n) is 6.07. The van der Waals surface area contributed by atoms with Crippen LogP contribution < -0.4 is 0 Å². The Balaban J connectivity index is 1.74. The van der Waals surface area contributed by atoms with Gasteiger partial charge in [0.1, 0.15) is 5.00 Å². The molecule has 4 heteroatoms. The molecule has 28 heavy (non-hydrogen) atoms. The molecular weight excluding hydrogens is 364 g/mol. The topological polar surface area (TPSA) is 25.2 Å². The first-order valence-corrected chi connectivity index (χ1v) is 11.1. The molecule has 3 nitrogen and oxygen atoms in total. The number of aromatic nitrogens is 1. The predicted molar refractivity (Wildman–Crippen MR) is 114 cm³/mol. The number of thiophene rings is 1. The fraction of sp³-hybridized carbons (Fsp3) is 0.375. The molecule has 3 aromatic rings. The molecule has 0 N–H and O–H groups in total. The summed E-state index contributed by atoms with van der Waals surface area (Å²) in [5, 5.41) is 1.33. The monoisotopic (exact) mass is 390 g/mol. The zero-order valence-electron chi connectivity index (χ0n) is 16.5. The number of aryl methyl sites for hydroxylation is 1. The Hall–Kier alpha value is -2.33. The van der Waals surface area contributed by atoms with Crippen LogP contribution in [-0.4, -0.2) is 15.4 Å². The number of hydrogen-bond donors (Lipinski definition) is 0. The van der Waals surface area contributed by atoms with Crippen LogP contribution in [0.1, 0.15) is 60.0 Å². The van der Waals surface area contributed by atoms with Gasteiger partial charge < -0.3 is 9.47 Å². The molecule has 1 aliphatic carbocycles. The van der Waals surface area contributed by atoms with Crippen LogP contribution >= 0.6 is 11.3 Å². The number of amides is 1. The van der Waals surface area contributed by atoms with Crippen molar-refractivity contribution in [2.45, 2.75) is 52.1 Å². The highest BCUT2D eigenvalue weighted by molar-refractivity contribution is 7.15. The first-order chi connectivity index (χ1) is 13.6. The molecule has 3 heterocycles. The number of carbonyl (C=O) groups excluding carboxylic acids is 1. The normalized spacial score (nSPS) is 18.4. The molecule has 2 aromatic heterocycles. The quantitative estimate of drug-likeness (QED) is 0.567. The number of fused-ring (bicyclic) bond motifs is 5. The summed E-state index contributed by atoms with van der Waals surface area (Å²) in [5.74, 6) is 0.204. The van der Waals surface area contributed by atoms with Gasteiger partial charge in [-0.2, -0.15) is 0 Å². The van der Waals surface area contributed by atoms with Crippen LogP contribution in [0, 0.1) is 5.92 Å². The number of carbonyl (C=O) groups is 1. The van der Waals surface area contributed by atoms with Crippen LogP contribution in [0.5, 0.6) is 0 Å². The Morgan fingerprint density at radius 2 is 1.82 bits per heavy atom. The molecule has 1 aromatic carbocycles. The minimum absolute atomic E-state index is 0.0226. The van der Waals surface area contributed by atoms with E-state index in [-0.39, 0.29) is 17.9 Å². The summed E-state index contributed by atoms with van der Waals surface area (Å²) < 4.78 is 2.35. The standard InChI is InChI=1S/C24H26N2OS/c1-16(2)23(27)26-15-19-18-11-6-7-13-21(18)28-24(19)25-14-8-12-20(25)22(26)17-9-4-3-5-10-17/h3-5,8-10,12,14,16,22H,6-7,11,13,15H2,1-2H3/t22-/m1/s1. The van der Waals surface area contributed by atoms with Gasteiger partial charge in [0.2, 0.25) is 5.91 Å². The van der Waals surface area contributed by atoms with Gasteiger partial charge in [0.25, 0.3) is 0 Å². The third-order valence-corrected chi connectivity index (χ3v) is 7.40. The average molecular weight is 391 g/mol. The lowest BCUT2D eigenvalue weighted by atomic mass is 9.94. The van der Waals surface area contributed by atoms with Crippen molar-refractivity contribution in [1.82, 2.24) is 9.47 Å². The lowest BCUT2D eigenvalue weighted by molar-refractivity contribution is -0.137. The molecule has 144 valence electrons. The van der Waals surface area contributed by atoms with E-state index in [1.54, 1.807) is 0 Å². The van der Waals surface area contributed by atoms with E-state index in [1.165, 1.54) is 51.5 Å². The van der Waals surface area contributed by atoms with Gasteiger partial charge in [0, 0.05) is 29.1 Å². The summed E-state index contributed by atoms with van der Waals surface area (Å²) in [7, 11) is 0. The SMILES string of the molecule is CC(C)C(=O)N1Cc2c(sc3c2CCCC3)-n2cccc2[C@H]1c1ccccc1. The van der Waals surface area contributed by atoms with E-state index in [1.807, 2.05) is 31.3 Å². The molecule has 0 radical (unpaired) electrons. The van der Waals surface area contributed by atoms with Gasteiger partial charge in [-0.3, -0.25) is 4.79 Å². The van der Waals surface area contributed by atoms with E-state index in [2.05, 4.69) is 52.1 Å². The van der Waals surface area contributed by atoms with Crippen molar-refractivity contribution >= 4 is 17.2 Å². The van der Waals surface area contributed by atoms with Crippen LogP contribution in [0.15, 0.2) is 48.7 Å². The second kappa shape index (κ2) is 6.93. The van der Waals surface area contributed by atoms with Crippen LogP contribution in [0.25, 0.3) is 5.00 Å². The lowest BCUT2D eigenvalue weighted by Crippen LogP contribution is -2.37. The van der Waals surface area contributed by atoms with E-state index in [0.717, 1.165) is 6.42 Å². The van der Waals surface area contributed by atoms with Gasteiger partial charge in [-0.25, -0.2) is 0 Å². The van der Waals surface area contributed by atoms with E-state index in [0.29, 0.717) is 6.54 Å². The lowest BCUT2D eigenvalue weighted by Gasteiger charge is -2.32. The predicted octanol–water partition coefficient (Wildman–Crippen LogP) is 5.51. The largest absolute Gasteiger partial charge is 0.325 e. The minimum atomic E-state index is -0.0510. The highest BCUT2D eigenvalue weighted by Crippen LogP contribution is 2.44. The van der Waals surface area contributed by atoms with Gasteiger partial charge in [-0.1, -0.05) is 44.2 Å². The summed E-state index contributed by atoms with van der Waals surface area (Å²) in [6.45, 7) is 4.73. The summed E-state index contributed by atoms with van der Waals surface area (Å²) in [5.41, 5.74) is 5.27. The van der Waals surface area contributed by atoms with Crippen molar-refractivity contribution < 1.29 is 4.79 Å². The molecule has 5 rings (SSSR count). The Morgan fingerprint density at radius 1 is 1.04 bits per heavy atom. The van der Waals surface area contributed by atoms with Crippen molar-refractivity contribution in [3.63, 3.8) is 0 Å². The van der Waals surface area contributed by atoms with Crippen molar-refractivity contribution in [2.24, 2.45) is 5.92 Å². The Labute approximate surface area is 170 Å². The van der Waals surface area contributed by atoms with Gasteiger partial charge >= 0.3 is 0 Å². The summed E-state index contributed by atoms with van der Waals surface area (Å²) in [6, 6.07) is 14.7. The highest BCUT2D eigenvalue weighted by Gasteiger charge is 2.36. The van der Waals surface area contributed by atoms with E-state index in [4.69, 9.17) is 0 Å². The number of rotatable bonds is 2. The maximum Gasteiger partial charge on any atom is 0.226 e. The number of hydrogen-bond acceptors (Lipinski definition) is 2. The molecular formula is C24H26N2OS. The molecule has 0 bridgehead atoms. The third kappa shape index (κ3) is 2.74. The molecule has 1 atom stereocenters. The summed E-state index contributed by atoms with van der Waals surface area (Å²) in [4.78, 5) is 17.0. The van der Waals surface area contributed by atoms with Gasteiger partial charge in [-0.15, -0.1) is 11.3 Å². The van der Waals surface area contributed by atoms with Gasteiger partial charge in [-0.05, 0) is 48.9 Å². The second-order valence-electron chi connectivity index (χ2n) is 8.23. The Kier molecular flexibility index (Phi) is 4.39. The molecule has 0 saturated heterocycles. The summed E-state index contributed by atoms with van der Waals surface area (Å²) >= 11 is 1.94. The molecule has 0 spiro atoms. The van der Waals surface area contributed by atoms with Crippen molar-refractivity contribution in [2.75, 3.05) is 0 Å². The first-order valence-electron chi connectivity index (χ1n) is 10.3. The number of nitrogens with zero attached hydrogens (tertiary/aromatic N) is 2. The molecule has 0 unspecified atom stereocenters. The first kappa shape index (κ1) is 17.7. The fourth-order valence-electron chi connectivity index (χ4n) is 4.72. The van der Waals surface area contributed by atoms with Crippen molar-refractivity contribution in [3.8, 4) is 5.00 Å². The minimum Gasteiger partial charge on any atom is -0.325 e. The van der Waals surface area contributed by atoms with Crippen molar-refractivity contribution in [1.29, 1.82) is 0 Å². The molecule has 2 aliphatic rings. The average Bonchev–Trinajstić information content (AvgIpc) is 3.30. The fourth-order valence-corrected chi connectivity index (χ4v) is 6.12. The smallest absolute Gasteiger partial charge is 0.226 e. The maximum absolute atomic E-state index is 13.4. The van der Waals surface area contributed by atoms with Crippen LogP contribution in [0.2, 0.25) is 0 Å². The van der Waals surface area contributed by atoms with E-state index < -0.39 is 0 Å². The zero-order valence-corrected chi connectivity index (χ0v) is 17.3. The van der Waals surface area contributed by atoms with Crippen LogP contribution in [0.4, 0.5) is 0 Å². The van der Waals surface area contributed by atoms with E-state index >= 15 is 0 Å². The molecule has 0 fully saturated rings. The molecule has 0 saturated carbocycles. The molecule has 1 amide bonds. The summed E-state index contributed by atoms with van der Waals surface area (Å²) in [6.07, 6.45) is 7.05. The maximum atomic E-state index is 13.4. The van der Waals surface area contributed by atoms with E-state index in [9.17, 15) is 4.79 Å². The Morgan fingerprint density at radius 3 is 2.61 bits per heavy atom. The van der Waals surface area contributed by atoms with Crippen molar-refractivity contribution in [3.05, 3.63) is 75.9 Å². The number of benzene rings is 1. The van der Waals surface area contributed by atoms with Gasteiger partial charge in [0.05, 0.1) is 11.7 Å². The zero-order chi connectivity index (χ0) is 19.3. The highest BCUT2D eigenvalue weighted by atomic mass is 32.1. The van der Waals surface area contributed by atoms with Crippen LogP contribution in [0.3, 0.4) is 0 Å². The molecule has 1 aliphatic heterocycles. The van der Waals surface area contributed by atoms with Crippen LogP contribution in [-0.2, 0) is 24.2 Å². The Bertz CT molecular complexity index is 1010. The second-order valence-corrected chi connectivity index (χ2v) is 9.32. The van der Waals surface area contributed by atoms with Gasteiger partial charge in [0.15, 0.2) is 0 Å².